The lowest BCUT2D eigenvalue weighted by Gasteiger charge is -2.22. The maximum atomic E-state index is 3.15. The van der Waals surface area contributed by atoms with Gasteiger partial charge in [-0.2, -0.15) is 11.1 Å². The van der Waals surface area contributed by atoms with Crippen molar-refractivity contribution in [3.05, 3.63) is 0 Å². The lowest BCUT2D eigenvalue weighted by Crippen LogP contribution is -2.60. The van der Waals surface area contributed by atoms with Crippen LogP contribution in [0.5, 0.6) is 0 Å². The van der Waals surface area contributed by atoms with Crippen LogP contribution in [0.3, 0.4) is 0 Å². The molecule has 1 atom stereocenters. The highest BCUT2D eigenvalue weighted by Gasteiger charge is 2.05. The first-order valence-corrected chi connectivity index (χ1v) is 5.64. The molecule has 0 aliphatic carbocycles. The third-order valence-corrected chi connectivity index (χ3v) is 1.82. The van der Waals surface area contributed by atoms with Gasteiger partial charge in [0.1, 0.15) is 0 Å². The summed E-state index contributed by atoms with van der Waals surface area (Å²) in [6, 6.07) is 0.404. The molecule has 0 aromatic rings. The van der Waals surface area contributed by atoms with Gasteiger partial charge in [-0.1, -0.05) is 19.8 Å². The molecule has 1 unspecified atom stereocenters. The lowest BCUT2D eigenvalue weighted by atomic mass is 10.2. The molecule has 0 saturated carbocycles. The molecule has 0 aliphatic rings. The highest BCUT2D eigenvalue weighted by molar-refractivity contribution is 4.58. The number of nitrogens with one attached hydrogen (secondary N) is 6. The van der Waals surface area contributed by atoms with Gasteiger partial charge < -0.3 is 0 Å². The van der Waals surface area contributed by atoms with E-state index in [1.54, 1.807) is 0 Å². The van der Waals surface area contributed by atoms with Gasteiger partial charge in [0.2, 0.25) is 0 Å². The van der Waals surface area contributed by atoms with Crippen LogP contribution in [-0.2, 0) is 0 Å². The van der Waals surface area contributed by atoms with Gasteiger partial charge in [0, 0.05) is 6.04 Å². The Morgan fingerprint density at radius 3 is 2.20 bits per heavy atom. The van der Waals surface area contributed by atoms with E-state index in [-0.39, 0.29) is 6.17 Å². The second-order valence-corrected chi connectivity index (χ2v) is 3.78. The zero-order valence-corrected chi connectivity index (χ0v) is 10.3. The van der Waals surface area contributed by atoms with Crippen LogP contribution in [0.4, 0.5) is 0 Å². The fourth-order valence-electron chi connectivity index (χ4n) is 1.02. The fourth-order valence-corrected chi connectivity index (χ4v) is 1.02. The van der Waals surface area contributed by atoms with Crippen molar-refractivity contribution in [2.75, 3.05) is 7.05 Å². The molecule has 0 amide bonds. The summed E-state index contributed by atoms with van der Waals surface area (Å²) < 4.78 is 0. The highest BCUT2D eigenvalue weighted by atomic mass is 15.7. The monoisotopic (exact) mass is 218 g/mol. The van der Waals surface area contributed by atoms with Gasteiger partial charge in [-0.25, -0.2) is 21.7 Å². The van der Waals surface area contributed by atoms with Crippen molar-refractivity contribution in [2.24, 2.45) is 0 Å². The van der Waals surface area contributed by atoms with Gasteiger partial charge >= 0.3 is 0 Å². The maximum Gasteiger partial charge on any atom is 0.0858 e. The van der Waals surface area contributed by atoms with Crippen LogP contribution in [-0.4, -0.2) is 19.3 Å². The molecule has 0 bridgehead atoms. The lowest BCUT2D eigenvalue weighted by molar-refractivity contribution is 0.260. The number of unbranched alkanes of at least 4 members (excludes halogenated alkanes) is 1. The molecule has 0 fully saturated rings. The minimum atomic E-state index is 0.184. The molecule has 0 aliphatic heterocycles. The Morgan fingerprint density at radius 2 is 1.67 bits per heavy atom. The maximum absolute atomic E-state index is 3.15. The van der Waals surface area contributed by atoms with E-state index in [1.807, 2.05) is 7.05 Å². The molecule has 6 heteroatoms. The predicted octanol–water partition coefficient (Wildman–Crippen LogP) is -0.261. The normalized spacial score (nSPS) is 13.4. The first-order valence-electron chi connectivity index (χ1n) is 5.64. The summed E-state index contributed by atoms with van der Waals surface area (Å²) in [4.78, 5) is 0. The molecular weight excluding hydrogens is 192 g/mol. The minimum Gasteiger partial charge on any atom is -0.247 e. The number of rotatable bonds is 10. The summed E-state index contributed by atoms with van der Waals surface area (Å²) in [7, 11) is 1.82. The Bertz CT molecular complexity index is 122. The molecule has 15 heavy (non-hydrogen) atoms. The van der Waals surface area contributed by atoms with Crippen LogP contribution < -0.4 is 32.8 Å². The summed E-state index contributed by atoms with van der Waals surface area (Å²) in [6.45, 7) is 6.34. The molecule has 92 valence electrons. The van der Waals surface area contributed by atoms with E-state index in [2.05, 4.69) is 53.5 Å². The van der Waals surface area contributed by atoms with Crippen LogP contribution in [0.15, 0.2) is 0 Å². The third kappa shape index (κ3) is 10.1. The van der Waals surface area contributed by atoms with Gasteiger partial charge in [-0.3, -0.25) is 0 Å². The second-order valence-electron chi connectivity index (χ2n) is 3.78. The van der Waals surface area contributed by atoms with Crippen LogP contribution in [0.1, 0.15) is 40.0 Å². The SMILES string of the molecule is CCCCC(NNNC)NNNC(C)C. The topological polar surface area (TPSA) is 72.2 Å². The van der Waals surface area contributed by atoms with Gasteiger partial charge in [0.25, 0.3) is 0 Å². The summed E-state index contributed by atoms with van der Waals surface area (Å²) >= 11 is 0. The molecular formula is C9H26N6. The molecule has 0 saturated heterocycles. The summed E-state index contributed by atoms with van der Waals surface area (Å²) in [5, 5.41) is 0. The van der Waals surface area contributed by atoms with Gasteiger partial charge in [0.05, 0.1) is 6.17 Å². The second kappa shape index (κ2) is 10.3. The quantitative estimate of drug-likeness (QED) is 0.224. The third-order valence-electron chi connectivity index (χ3n) is 1.82. The van der Waals surface area contributed by atoms with Crippen LogP contribution in [0.2, 0.25) is 0 Å². The Hall–Kier alpha value is -0.240. The van der Waals surface area contributed by atoms with E-state index >= 15 is 0 Å². The Labute approximate surface area is 92.8 Å². The highest BCUT2D eigenvalue weighted by Crippen LogP contribution is 1.95. The zero-order valence-electron chi connectivity index (χ0n) is 10.3. The summed E-state index contributed by atoms with van der Waals surface area (Å²) in [5.74, 6) is 0. The smallest absolute Gasteiger partial charge is 0.0858 e. The van der Waals surface area contributed by atoms with Crippen LogP contribution in [0.25, 0.3) is 0 Å². The van der Waals surface area contributed by atoms with Crippen molar-refractivity contribution >= 4 is 0 Å². The van der Waals surface area contributed by atoms with Gasteiger partial charge in [0.15, 0.2) is 0 Å². The predicted molar refractivity (Wildman–Crippen MR) is 63.2 cm³/mol. The fraction of sp³-hybridized carbons (Fsp3) is 1.00. The van der Waals surface area contributed by atoms with E-state index in [9.17, 15) is 0 Å². The molecule has 0 rings (SSSR count). The van der Waals surface area contributed by atoms with Crippen molar-refractivity contribution in [1.29, 1.82) is 0 Å². The van der Waals surface area contributed by atoms with E-state index < -0.39 is 0 Å². The average Bonchev–Trinajstić information content (AvgIpc) is 2.20. The Kier molecular flexibility index (Phi) is 10.1. The molecule has 6 nitrogen and oxygen atoms in total. The molecule has 0 heterocycles. The van der Waals surface area contributed by atoms with Crippen molar-refractivity contribution in [1.82, 2.24) is 32.8 Å². The molecule has 0 radical (unpaired) electrons. The van der Waals surface area contributed by atoms with Gasteiger partial charge in [-0.15, -0.1) is 0 Å². The van der Waals surface area contributed by atoms with Crippen molar-refractivity contribution in [3.63, 3.8) is 0 Å². The molecule has 0 aromatic carbocycles. The number of hydrazine groups is 4. The molecule has 6 N–H and O–H groups in total. The summed E-state index contributed by atoms with van der Waals surface area (Å²) in [6.07, 6.45) is 3.61. The van der Waals surface area contributed by atoms with Crippen molar-refractivity contribution in [2.45, 2.75) is 52.2 Å². The van der Waals surface area contributed by atoms with E-state index in [0.29, 0.717) is 6.04 Å². The van der Waals surface area contributed by atoms with Crippen molar-refractivity contribution < 1.29 is 0 Å². The van der Waals surface area contributed by atoms with Gasteiger partial charge in [-0.05, 0) is 27.3 Å². The average molecular weight is 218 g/mol. The zero-order chi connectivity index (χ0) is 11.5. The number of hydrogen-bond donors (Lipinski definition) is 6. The first kappa shape index (κ1) is 14.8. The largest absolute Gasteiger partial charge is 0.247 e. The molecule has 0 aromatic heterocycles. The number of hydrogen-bond acceptors (Lipinski definition) is 6. The summed E-state index contributed by atoms with van der Waals surface area (Å²) in [5.41, 5.74) is 18.0. The first-order chi connectivity index (χ1) is 7.20. The van der Waals surface area contributed by atoms with Crippen LogP contribution in [0, 0.1) is 0 Å². The van der Waals surface area contributed by atoms with Crippen LogP contribution >= 0.6 is 0 Å². The van der Waals surface area contributed by atoms with E-state index in [0.717, 1.165) is 6.42 Å². The Balaban J connectivity index is 3.58. The minimum absolute atomic E-state index is 0.184. The van der Waals surface area contributed by atoms with E-state index in [4.69, 9.17) is 0 Å². The molecule has 0 spiro atoms. The standard InChI is InChI=1S/C9H26N6/c1-5-6-7-9(12-14-10-4)13-15-11-8(2)3/h8-15H,5-7H2,1-4H3. The Morgan fingerprint density at radius 1 is 1.00 bits per heavy atom. The van der Waals surface area contributed by atoms with Crippen molar-refractivity contribution in [3.8, 4) is 0 Å². The van der Waals surface area contributed by atoms with E-state index in [1.165, 1.54) is 12.8 Å².